The molecule has 0 N–H and O–H groups in total. The molecule has 2 heterocycles. The van der Waals surface area contributed by atoms with Gasteiger partial charge in [-0.3, -0.25) is 4.79 Å². The van der Waals surface area contributed by atoms with Crippen molar-refractivity contribution < 1.29 is 17.9 Å². The van der Waals surface area contributed by atoms with Crippen LogP contribution in [0.5, 0.6) is 5.75 Å². The number of nitrogens with zero attached hydrogens (tertiary/aromatic N) is 4. The van der Waals surface area contributed by atoms with Crippen molar-refractivity contribution in [3.8, 4) is 5.75 Å². The van der Waals surface area contributed by atoms with Gasteiger partial charge < -0.3 is 14.2 Å². The Bertz CT molecular complexity index is 947. The summed E-state index contributed by atoms with van der Waals surface area (Å²) < 4.78 is 34.5. The summed E-state index contributed by atoms with van der Waals surface area (Å²) in [6.45, 7) is 7.12. The molecule has 0 saturated carbocycles. The maximum absolute atomic E-state index is 12.9. The predicted molar refractivity (Wildman–Crippen MR) is 109 cm³/mol. The van der Waals surface area contributed by atoms with E-state index in [1.807, 2.05) is 13.8 Å². The molecule has 0 spiro atoms. The first-order chi connectivity index (χ1) is 13.7. The summed E-state index contributed by atoms with van der Waals surface area (Å²) in [5.41, 5.74) is 0.567. The molecule has 8 nitrogen and oxygen atoms in total. The lowest BCUT2D eigenvalue weighted by molar-refractivity contribution is 0.0764. The van der Waals surface area contributed by atoms with Crippen LogP contribution in [0.25, 0.3) is 0 Å². The average Bonchev–Trinajstić information content (AvgIpc) is 2.87. The number of carbonyl (C=O) groups excluding carboxylic acids is 1. The third-order valence-corrected chi connectivity index (χ3v) is 6.68. The molecule has 9 heteroatoms. The van der Waals surface area contributed by atoms with Crippen LogP contribution in [-0.4, -0.2) is 65.4 Å². The highest BCUT2D eigenvalue weighted by Crippen LogP contribution is 2.19. The van der Waals surface area contributed by atoms with Crippen LogP contribution in [0.4, 0.5) is 0 Å². The molecule has 1 aromatic heterocycles. The zero-order chi connectivity index (χ0) is 21.2. The molecule has 2 aromatic rings. The number of benzene rings is 1. The molecule has 1 aliphatic heterocycles. The highest BCUT2D eigenvalue weighted by molar-refractivity contribution is 7.89. The number of ether oxygens (including phenoxy) is 1. The third-order valence-electron chi connectivity index (χ3n) is 4.91. The second-order valence-electron chi connectivity index (χ2n) is 7.48. The fourth-order valence-electron chi connectivity index (χ4n) is 3.25. The van der Waals surface area contributed by atoms with E-state index in [2.05, 4.69) is 4.98 Å². The van der Waals surface area contributed by atoms with E-state index < -0.39 is 10.0 Å². The maximum atomic E-state index is 12.9. The van der Waals surface area contributed by atoms with Gasteiger partial charge in [0.05, 0.1) is 6.10 Å². The zero-order valence-electron chi connectivity index (χ0n) is 17.3. The van der Waals surface area contributed by atoms with E-state index in [9.17, 15) is 13.2 Å². The first-order valence-electron chi connectivity index (χ1n) is 9.74. The number of amides is 1. The van der Waals surface area contributed by atoms with E-state index in [4.69, 9.17) is 4.74 Å². The summed E-state index contributed by atoms with van der Waals surface area (Å²) in [6, 6.07) is 7.06. The van der Waals surface area contributed by atoms with Crippen molar-refractivity contribution in [1.29, 1.82) is 0 Å². The fraction of sp³-hybridized carbons (Fsp3) is 0.500. The van der Waals surface area contributed by atoms with Crippen molar-refractivity contribution in [2.75, 3.05) is 26.2 Å². The number of carbonyl (C=O) groups is 1. The molecular formula is C20H28N4O4S. The van der Waals surface area contributed by atoms with Crippen molar-refractivity contribution in [2.24, 2.45) is 7.05 Å². The van der Waals surface area contributed by atoms with Gasteiger partial charge in [0, 0.05) is 45.0 Å². The Kier molecular flexibility index (Phi) is 6.28. The van der Waals surface area contributed by atoms with Gasteiger partial charge >= 0.3 is 0 Å². The van der Waals surface area contributed by atoms with E-state index in [1.54, 1.807) is 47.7 Å². The minimum absolute atomic E-state index is 0.0537. The van der Waals surface area contributed by atoms with Crippen LogP contribution in [0.2, 0.25) is 0 Å². The third kappa shape index (κ3) is 4.79. The standard InChI is InChI=1S/C20H28N4O4S/c1-15(2)28-18-8-6-17(7-9-18)20(25)23-10-5-11-24(13-12-23)29(26,27)19-14-22(4)16(3)21-19/h6-9,14-15H,5,10-13H2,1-4H3. The molecule has 0 aliphatic carbocycles. The Morgan fingerprint density at radius 3 is 2.38 bits per heavy atom. The molecule has 1 fully saturated rings. The molecule has 0 bridgehead atoms. The fourth-order valence-corrected chi connectivity index (χ4v) is 4.75. The summed E-state index contributed by atoms with van der Waals surface area (Å²) >= 11 is 0. The molecule has 1 amide bonds. The van der Waals surface area contributed by atoms with Gasteiger partial charge in [0.25, 0.3) is 15.9 Å². The van der Waals surface area contributed by atoms with Crippen molar-refractivity contribution in [3.05, 3.63) is 41.9 Å². The Labute approximate surface area is 172 Å². The van der Waals surface area contributed by atoms with E-state index in [0.717, 1.165) is 5.75 Å². The van der Waals surface area contributed by atoms with Gasteiger partial charge in [-0.05, 0) is 51.5 Å². The summed E-state index contributed by atoms with van der Waals surface area (Å²) in [5.74, 6) is 1.25. The Morgan fingerprint density at radius 2 is 1.79 bits per heavy atom. The topological polar surface area (TPSA) is 84.7 Å². The number of sulfonamides is 1. The van der Waals surface area contributed by atoms with E-state index in [1.165, 1.54) is 10.5 Å². The zero-order valence-corrected chi connectivity index (χ0v) is 18.1. The van der Waals surface area contributed by atoms with Crippen LogP contribution in [-0.2, 0) is 17.1 Å². The largest absolute Gasteiger partial charge is 0.491 e. The Hall–Kier alpha value is -2.39. The average molecular weight is 421 g/mol. The van der Waals surface area contributed by atoms with Crippen LogP contribution in [0.3, 0.4) is 0 Å². The van der Waals surface area contributed by atoms with Crippen LogP contribution in [0.15, 0.2) is 35.5 Å². The summed E-state index contributed by atoms with van der Waals surface area (Å²) in [5, 5.41) is 0.0537. The van der Waals surface area contributed by atoms with Crippen molar-refractivity contribution in [1.82, 2.24) is 18.8 Å². The van der Waals surface area contributed by atoms with Gasteiger partial charge in [-0.15, -0.1) is 0 Å². The Morgan fingerprint density at radius 1 is 1.10 bits per heavy atom. The Balaban J connectivity index is 1.68. The van der Waals surface area contributed by atoms with Gasteiger partial charge in [0.15, 0.2) is 5.03 Å². The molecule has 29 heavy (non-hydrogen) atoms. The normalized spacial score (nSPS) is 16.1. The van der Waals surface area contributed by atoms with Gasteiger partial charge in [-0.2, -0.15) is 4.31 Å². The van der Waals surface area contributed by atoms with Crippen LogP contribution in [0.1, 0.15) is 36.5 Å². The van der Waals surface area contributed by atoms with Gasteiger partial charge in [-0.25, -0.2) is 13.4 Å². The molecule has 0 unspecified atom stereocenters. The molecule has 0 atom stereocenters. The number of aromatic nitrogens is 2. The summed E-state index contributed by atoms with van der Waals surface area (Å²) in [7, 11) is -1.91. The highest BCUT2D eigenvalue weighted by Gasteiger charge is 2.30. The molecule has 1 aromatic carbocycles. The quantitative estimate of drug-likeness (QED) is 0.739. The minimum Gasteiger partial charge on any atom is -0.491 e. The summed E-state index contributed by atoms with van der Waals surface area (Å²) in [6.07, 6.45) is 2.17. The molecular weight excluding hydrogens is 392 g/mol. The first-order valence-corrected chi connectivity index (χ1v) is 11.2. The summed E-state index contributed by atoms with van der Waals surface area (Å²) in [4.78, 5) is 18.7. The van der Waals surface area contributed by atoms with Crippen molar-refractivity contribution in [2.45, 2.75) is 38.3 Å². The minimum atomic E-state index is -3.67. The van der Waals surface area contributed by atoms with E-state index in [-0.39, 0.29) is 23.6 Å². The lowest BCUT2D eigenvalue weighted by atomic mass is 10.2. The van der Waals surface area contributed by atoms with E-state index >= 15 is 0 Å². The number of imidazole rings is 1. The van der Waals surface area contributed by atoms with Crippen LogP contribution >= 0.6 is 0 Å². The maximum Gasteiger partial charge on any atom is 0.262 e. The smallest absolute Gasteiger partial charge is 0.262 e. The molecule has 1 aliphatic rings. The lowest BCUT2D eigenvalue weighted by Crippen LogP contribution is -2.37. The SMILES string of the molecule is Cc1nc(S(=O)(=O)N2CCCN(C(=O)c3ccc(OC(C)C)cc3)CC2)cn1C. The number of hydrogen-bond acceptors (Lipinski definition) is 5. The predicted octanol–water partition coefficient (Wildman–Crippen LogP) is 2.05. The first kappa shape index (κ1) is 21.3. The molecule has 158 valence electrons. The van der Waals surface area contributed by atoms with Gasteiger partial charge in [0.2, 0.25) is 0 Å². The van der Waals surface area contributed by atoms with E-state index in [0.29, 0.717) is 37.4 Å². The second kappa shape index (κ2) is 8.54. The van der Waals surface area contributed by atoms with Crippen LogP contribution < -0.4 is 4.74 Å². The molecule has 3 rings (SSSR count). The number of aryl methyl sites for hydroxylation is 2. The van der Waals surface area contributed by atoms with Crippen molar-refractivity contribution in [3.63, 3.8) is 0 Å². The van der Waals surface area contributed by atoms with Crippen LogP contribution in [0, 0.1) is 6.92 Å². The van der Waals surface area contributed by atoms with Gasteiger partial charge in [-0.1, -0.05) is 0 Å². The monoisotopic (exact) mass is 420 g/mol. The second-order valence-corrected chi connectivity index (χ2v) is 9.36. The van der Waals surface area contributed by atoms with Gasteiger partial charge in [0.1, 0.15) is 11.6 Å². The number of hydrogen-bond donors (Lipinski definition) is 0. The lowest BCUT2D eigenvalue weighted by Gasteiger charge is -2.21. The highest BCUT2D eigenvalue weighted by atomic mass is 32.2. The molecule has 1 saturated heterocycles. The number of rotatable bonds is 5. The van der Waals surface area contributed by atoms with Crippen molar-refractivity contribution >= 4 is 15.9 Å². The molecule has 0 radical (unpaired) electrons.